The van der Waals surface area contributed by atoms with E-state index in [1.165, 1.54) is 98.7 Å². The van der Waals surface area contributed by atoms with Gasteiger partial charge in [0.05, 0.1) is 0 Å². The lowest BCUT2D eigenvalue weighted by Gasteiger charge is -2.18. The molecular formula is C52H34. The van der Waals surface area contributed by atoms with Crippen LogP contribution < -0.4 is 0 Å². The van der Waals surface area contributed by atoms with Crippen molar-refractivity contribution >= 4 is 43.1 Å². The average Bonchev–Trinajstić information content (AvgIpc) is 3.22. The summed E-state index contributed by atoms with van der Waals surface area (Å²) in [5, 5.41) is 10.1. The van der Waals surface area contributed by atoms with Crippen molar-refractivity contribution < 1.29 is 0 Å². The molecule has 0 heterocycles. The summed E-state index contributed by atoms with van der Waals surface area (Å²) in [6, 6.07) is 75.5. The first kappa shape index (κ1) is 30.1. The molecular weight excluding hydrogens is 625 g/mol. The minimum atomic E-state index is 1.22. The molecule has 0 nitrogen and oxygen atoms in total. The van der Waals surface area contributed by atoms with E-state index in [1.54, 1.807) is 0 Å². The molecule has 0 heteroatoms. The lowest BCUT2D eigenvalue weighted by atomic mass is 9.85. The van der Waals surface area contributed by atoms with Crippen molar-refractivity contribution in [2.45, 2.75) is 0 Å². The Hall–Kier alpha value is -6.76. The van der Waals surface area contributed by atoms with Crippen molar-refractivity contribution in [3.05, 3.63) is 206 Å². The van der Waals surface area contributed by atoms with Crippen molar-refractivity contribution in [3.63, 3.8) is 0 Å². The van der Waals surface area contributed by atoms with Gasteiger partial charge in [0.25, 0.3) is 0 Å². The van der Waals surface area contributed by atoms with Crippen LogP contribution in [-0.4, -0.2) is 0 Å². The molecule has 0 aliphatic carbocycles. The molecule has 0 saturated carbocycles. The first-order valence-corrected chi connectivity index (χ1v) is 18.0. The first-order valence-electron chi connectivity index (χ1n) is 18.0. The van der Waals surface area contributed by atoms with Gasteiger partial charge in [0.2, 0.25) is 0 Å². The van der Waals surface area contributed by atoms with Gasteiger partial charge in [-0.1, -0.05) is 188 Å². The summed E-state index contributed by atoms with van der Waals surface area (Å²) in [6.07, 6.45) is 0. The van der Waals surface area contributed by atoms with E-state index in [4.69, 9.17) is 0 Å². The summed E-state index contributed by atoms with van der Waals surface area (Å²) in [5.41, 5.74) is 12.4. The number of hydrogen-bond donors (Lipinski definition) is 0. The molecule has 0 unspecified atom stereocenters. The predicted octanol–water partition coefficient (Wildman–Crippen LogP) is 14.6. The highest BCUT2D eigenvalue weighted by atomic mass is 14.2. The summed E-state index contributed by atoms with van der Waals surface area (Å²) in [7, 11) is 0. The Morgan fingerprint density at radius 3 is 1.06 bits per heavy atom. The normalized spacial score (nSPS) is 11.5. The molecule has 10 rings (SSSR count). The van der Waals surface area contributed by atoms with E-state index in [0.29, 0.717) is 0 Å². The van der Waals surface area contributed by atoms with Gasteiger partial charge in [-0.05, 0) is 117 Å². The third-order valence-electron chi connectivity index (χ3n) is 10.6. The molecule has 0 aromatic heterocycles. The van der Waals surface area contributed by atoms with E-state index in [-0.39, 0.29) is 0 Å². The summed E-state index contributed by atoms with van der Waals surface area (Å²) < 4.78 is 0. The van der Waals surface area contributed by atoms with Gasteiger partial charge in [0, 0.05) is 0 Å². The molecule has 0 bridgehead atoms. The summed E-state index contributed by atoms with van der Waals surface area (Å²) in [5.74, 6) is 0. The first-order chi connectivity index (χ1) is 25.8. The Morgan fingerprint density at radius 1 is 0.173 bits per heavy atom. The zero-order valence-corrected chi connectivity index (χ0v) is 28.6. The van der Waals surface area contributed by atoms with Crippen LogP contribution in [0.15, 0.2) is 206 Å². The second-order valence-corrected chi connectivity index (χ2v) is 13.7. The van der Waals surface area contributed by atoms with Crippen LogP contribution in [0.5, 0.6) is 0 Å². The van der Waals surface area contributed by atoms with Gasteiger partial charge in [0.15, 0.2) is 0 Å². The van der Waals surface area contributed by atoms with Gasteiger partial charge in [-0.2, -0.15) is 0 Å². The van der Waals surface area contributed by atoms with E-state index < -0.39 is 0 Å². The predicted molar refractivity (Wildman–Crippen MR) is 224 cm³/mol. The van der Waals surface area contributed by atoms with E-state index in [9.17, 15) is 0 Å². The molecule has 0 amide bonds. The second-order valence-electron chi connectivity index (χ2n) is 13.7. The van der Waals surface area contributed by atoms with Crippen LogP contribution in [0.2, 0.25) is 0 Å². The molecule has 0 fully saturated rings. The maximum absolute atomic E-state index is 2.38. The average molecular weight is 659 g/mol. The van der Waals surface area contributed by atoms with Gasteiger partial charge in [-0.25, -0.2) is 0 Å². The molecule has 10 aromatic rings. The fraction of sp³-hybridized carbons (Fsp3) is 0. The topological polar surface area (TPSA) is 0 Å². The van der Waals surface area contributed by atoms with Gasteiger partial charge in [-0.3, -0.25) is 0 Å². The Bertz CT molecular complexity index is 2860. The van der Waals surface area contributed by atoms with Crippen LogP contribution in [0.3, 0.4) is 0 Å². The third kappa shape index (κ3) is 5.25. The zero-order chi connectivity index (χ0) is 34.4. The Kier molecular flexibility index (Phi) is 7.25. The maximum atomic E-state index is 2.38. The Morgan fingerprint density at radius 2 is 0.500 bits per heavy atom. The van der Waals surface area contributed by atoms with E-state index in [0.717, 1.165) is 0 Å². The number of benzene rings is 10. The van der Waals surface area contributed by atoms with Crippen molar-refractivity contribution in [1.29, 1.82) is 0 Å². The van der Waals surface area contributed by atoms with Crippen molar-refractivity contribution in [2.24, 2.45) is 0 Å². The number of fused-ring (bicyclic) bond motifs is 4. The molecule has 0 saturated heterocycles. The third-order valence-corrected chi connectivity index (χ3v) is 10.6. The van der Waals surface area contributed by atoms with E-state index in [1.807, 2.05) is 0 Å². The highest BCUT2D eigenvalue weighted by Crippen LogP contribution is 2.44. The van der Waals surface area contributed by atoms with Crippen LogP contribution in [0.4, 0.5) is 0 Å². The molecule has 0 radical (unpaired) electrons. The van der Waals surface area contributed by atoms with Crippen LogP contribution in [0.1, 0.15) is 0 Å². The molecule has 0 spiro atoms. The van der Waals surface area contributed by atoms with Gasteiger partial charge in [-0.15, -0.1) is 0 Å². The second kappa shape index (κ2) is 12.5. The van der Waals surface area contributed by atoms with Crippen LogP contribution in [0, 0.1) is 0 Å². The van der Waals surface area contributed by atoms with E-state index >= 15 is 0 Å². The molecule has 0 aliphatic heterocycles. The zero-order valence-electron chi connectivity index (χ0n) is 28.6. The molecule has 10 aromatic carbocycles. The minimum Gasteiger partial charge on any atom is -0.0622 e. The largest absolute Gasteiger partial charge is 0.0622 e. The summed E-state index contributed by atoms with van der Waals surface area (Å²) >= 11 is 0. The van der Waals surface area contributed by atoms with Gasteiger partial charge < -0.3 is 0 Å². The lowest BCUT2D eigenvalue weighted by Crippen LogP contribution is -1.91. The maximum Gasteiger partial charge on any atom is -0.00262 e. The number of rotatable bonds is 5. The fourth-order valence-corrected chi connectivity index (χ4v) is 8.02. The fourth-order valence-electron chi connectivity index (χ4n) is 8.02. The smallest absolute Gasteiger partial charge is 0.00262 e. The minimum absolute atomic E-state index is 1.22. The molecule has 0 N–H and O–H groups in total. The van der Waals surface area contributed by atoms with Crippen molar-refractivity contribution in [2.75, 3.05) is 0 Å². The quantitative estimate of drug-likeness (QED) is 0.161. The standard InChI is InChI=1S/C52H34/c1-2-10-35(11-3-1)37-18-20-38(21-19-37)44-30-25-40-26-31-45(34-46(40)33-44)52-49-16-8-6-14-47(49)51(48-15-7-9-17-50(48)52)41-27-22-39(23-28-41)43-29-24-36-12-4-5-13-42(36)32-43/h1-34H. The number of hydrogen-bond acceptors (Lipinski definition) is 0. The Labute approximate surface area is 303 Å². The van der Waals surface area contributed by atoms with Crippen LogP contribution >= 0.6 is 0 Å². The lowest BCUT2D eigenvalue weighted by molar-refractivity contribution is 1.60. The van der Waals surface area contributed by atoms with Crippen LogP contribution in [-0.2, 0) is 0 Å². The van der Waals surface area contributed by atoms with Crippen LogP contribution in [0.25, 0.3) is 98.7 Å². The van der Waals surface area contributed by atoms with Crippen molar-refractivity contribution in [1.82, 2.24) is 0 Å². The highest BCUT2D eigenvalue weighted by Gasteiger charge is 2.17. The summed E-state index contributed by atoms with van der Waals surface area (Å²) in [4.78, 5) is 0. The van der Waals surface area contributed by atoms with Gasteiger partial charge >= 0.3 is 0 Å². The van der Waals surface area contributed by atoms with E-state index in [2.05, 4.69) is 206 Å². The molecule has 242 valence electrons. The van der Waals surface area contributed by atoms with Gasteiger partial charge in [0.1, 0.15) is 0 Å². The molecule has 52 heavy (non-hydrogen) atoms. The molecule has 0 atom stereocenters. The SMILES string of the molecule is c1ccc(-c2ccc(-c3ccc4ccc(-c5c6ccccc6c(-c6ccc(-c7ccc8ccccc8c7)cc6)c6ccccc56)cc4c3)cc2)cc1. The monoisotopic (exact) mass is 658 g/mol. The highest BCUT2D eigenvalue weighted by molar-refractivity contribution is 6.21. The Balaban J connectivity index is 1.08. The summed E-state index contributed by atoms with van der Waals surface area (Å²) in [6.45, 7) is 0. The van der Waals surface area contributed by atoms with Crippen molar-refractivity contribution in [3.8, 4) is 55.6 Å². The molecule has 0 aliphatic rings.